The highest BCUT2D eigenvalue weighted by Gasteiger charge is 2.52. The van der Waals surface area contributed by atoms with E-state index in [2.05, 4.69) is 10.7 Å². The van der Waals surface area contributed by atoms with Crippen molar-refractivity contribution in [3.8, 4) is 0 Å². The number of hydrogen-bond acceptors (Lipinski definition) is 4. The van der Waals surface area contributed by atoms with Crippen molar-refractivity contribution in [1.82, 2.24) is 15.8 Å². The molecule has 0 aliphatic carbocycles. The number of nitrogens with zero attached hydrogens (tertiary/aromatic N) is 1. The fourth-order valence-electron chi connectivity index (χ4n) is 3.06. The van der Waals surface area contributed by atoms with Crippen LogP contribution >= 0.6 is 23.4 Å². The molecule has 1 aliphatic rings. The van der Waals surface area contributed by atoms with Crippen molar-refractivity contribution in [1.29, 1.82) is 0 Å². The van der Waals surface area contributed by atoms with Crippen LogP contribution in [0.4, 0.5) is 4.79 Å². The van der Waals surface area contributed by atoms with Crippen molar-refractivity contribution in [3.05, 3.63) is 70.7 Å². The molecule has 1 saturated heterocycles. The molecule has 0 radical (unpaired) electrons. The lowest BCUT2D eigenvalue weighted by Crippen LogP contribution is -2.49. The minimum absolute atomic E-state index is 0.0900. The second kappa shape index (κ2) is 8.67. The highest BCUT2D eigenvalue weighted by molar-refractivity contribution is 7.99. The number of hydrazine groups is 1. The summed E-state index contributed by atoms with van der Waals surface area (Å²) in [4.78, 5) is 37.6. The Balaban J connectivity index is 1.62. The number of benzene rings is 2. The maximum Gasteiger partial charge on any atom is 0.344 e. The first kappa shape index (κ1) is 20.2. The molecule has 0 unspecified atom stereocenters. The van der Waals surface area contributed by atoms with Crippen molar-refractivity contribution in [2.75, 3.05) is 5.75 Å². The van der Waals surface area contributed by atoms with Crippen molar-refractivity contribution in [2.24, 2.45) is 0 Å². The molecule has 1 aliphatic heterocycles. The average molecular weight is 418 g/mol. The molecule has 0 spiro atoms. The first-order chi connectivity index (χ1) is 13.5. The van der Waals surface area contributed by atoms with Gasteiger partial charge in [0.25, 0.3) is 5.91 Å². The highest BCUT2D eigenvalue weighted by atomic mass is 35.5. The Morgan fingerprint density at radius 3 is 2.50 bits per heavy atom. The second-order valence-corrected chi connectivity index (χ2v) is 7.71. The molecule has 146 valence electrons. The van der Waals surface area contributed by atoms with Crippen LogP contribution in [0.3, 0.4) is 0 Å². The van der Waals surface area contributed by atoms with Gasteiger partial charge in [0.1, 0.15) is 5.54 Å². The van der Waals surface area contributed by atoms with E-state index in [9.17, 15) is 14.4 Å². The molecule has 1 atom stereocenters. The number of nitrogens with one attached hydrogen (secondary N) is 2. The van der Waals surface area contributed by atoms with Gasteiger partial charge in [-0.2, -0.15) is 5.01 Å². The Morgan fingerprint density at radius 1 is 1.14 bits per heavy atom. The molecule has 2 aromatic carbocycles. The fraction of sp³-hybridized carbons (Fsp3) is 0.250. The summed E-state index contributed by atoms with van der Waals surface area (Å²) in [5, 5.41) is 4.14. The standard InChI is InChI=1S/C20H20ClN3O3S/c1-2-20(15-9-4-3-5-10-15)18(26)24(19(27)22-20)23-17(25)13-28-12-14-8-6-7-11-16(14)21/h3-11H,2,12-13H2,1H3,(H,22,27)(H,23,25)/t20-/m0/s1. The van der Waals surface area contributed by atoms with Crippen molar-refractivity contribution in [3.63, 3.8) is 0 Å². The van der Waals surface area contributed by atoms with Gasteiger partial charge in [0.15, 0.2) is 0 Å². The van der Waals surface area contributed by atoms with E-state index in [-0.39, 0.29) is 5.75 Å². The van der Waals surface area contributed by atoms with Crippen LogP contribution in [0.25, 0.3) is 0 Å². The molecule has 8 heteroatoms. The second-order valence-electron chi connectivity index (χ2n) is 6.31. The summed E-state index contributed by atoms with van der Waals surface area (Å²) < 4.78 is 0. The van der Waals surface area contributed by atoms with Gasteiger partial charge in [-0.1, -0.05) is 67.1 Å². The molecule has 2 N–H and O–H groups in total. The zero-order valence-electron chi connectivity index (χ0n) is 15.3. The van der Waals surface area contributed by atoms with Crippen molar-refractivity contribution < 1.29 is 14.4 Å². The zero-order chi connectivity index (χ0) is 20.1. The van der Waals surface area contributed by atoms with Crippen LogP contribution < -0.4 is 10.7 Å². The van der Waals surface area contributed by atoms with E-state index >= 15 is 0 Å². The molecule has 0 aromatic heterocycles. The molecule has 4 amide bonds. The van der Waals surface area contributed by atoms with Crippen LogP contribution in [0.2, 0.25) is 5.02 Å². The Hall–Kier alpha value is -2.51. The summed E-state index contributed by atoms with van der Waals surface area (Å²) in [6, 6.07) is 15.8. The number of amides is 4. The van der Waals surface area contributed by atoms with Gasteiger partial charge in [-0.15, -0.1) is 11.8 Å². The molecule has 28 heavy (non-hydrogen) atoms. The maximum absolute atomic E-state index is 12.9. The molecule has 0 saturated carbocycles. The Kier molecular flexibility index (Phi) is 6.26. The summed E-state index contributed by atoms with van der Waals surface area (Å²) in [7, 11) is 0. The summed E-state index contributed by atoms with van der Waals surface area (Å²) in [5.41, 5.74) is 2.85. The smallest absolute Gasteiger partial charge is 0.318 e. The number of halogens is 1. The third-order valence-corrected chi connectivity index (χ3v) is 5.92. The van der Waals surface area contributed by atoms with E-state index in [0.717, 1.165) is 10.6 Å². The maximum atomic E-state index is 12.9. The van der Waals surface area contributed by atoms with Gasteiger partial charge in [-0.3, -0.25) is 15.0 Å². The highest BCUT2D eigenvalue weighted by Crippen LogP contribution is 2.31. The Morgan fingerprint density at radius 2 is 1.82 bits per heavy atom. The van der Waals surface area contributed by atoms with Crippen LogP contribution in [0.1, 0.15) is 24.5 Å². The lowest BCUT2D eigenvalue weighted by atomic mass is 9.87. The van der Waals surface area contributed by atoms with Gasteiger partial charge < -0.3 is 5.32 Å². The van der Waals surface area contributed by atoms with Gasteiger partial charge in [0.2, 0.25) is 5.91 Å². The van der Waals surface area contributed by atoms with E-state index in [0.29, 0.717) is 22.8 Å². The summed E-state index contributed by atoms with van der Waals surface area (Å²) in [6.45, 7) is 1.82. The van der Waals surface area contributed by atoms with Gasteiger partial charge in [0.05, 0.1) is 5.75 Å². The molecule has 6 nitrogen and oxygen atoms in total. The number of thioether (sulfide) groups is 1. The van der Waals surface area contributed by atoms with Gasteiger partial charge >= 0.3 is 6.03 Å². The van der Waals surface area contributed by atoms with E-state index in [4.69, 9.17) is 11.6 Å². The zero-order valence-corrected chi connectivity index (χ0v) is 16.8. The van der Waals surface area contributed by atoms with Crippen LogP contribution in [-0.2, 0) is 20.9 Å². The summed E-state index contributed by atoms with van der Waals surface area (Å²) >= 11 is 7.45. The molecule has 1 heterocycles. The van der Waals surface area contributed by atoms with E-state index in [1.54, 1.807) is 30.3 Å². The van der Waals surface area contributed by atoms with E-state index in [1.165, 1.54) is 11.8 Å². The molecule has 1 fully saturated rings. The molecular formula is C20H20ClN3O3S. The van der Waals surface area contributed by atoms with Crippen LogP contribution in [-0.4, -0.2) is 28.6 Å². The number of hydrogen-bond donors (Lipinski definition) is 2. The molecule has 2 aromatic rings. The average Bonchev–Trinajstić information content (AvgIpc) is 2.95. The Bertz CT molecular complexity index is 893. The van der Waals surface area contributed by atoms with E-state index in [1.807, 2.05) is 31.2 Å². The topological polar surface area (TPSA) is 78.5 Å². The molecule has 3 rings (SSSR count). The number of urea groups is 1. The molecular weight excluding hydrogens is 398 g/mol. The first-order valence-corrected chi connectivity index (χ1v) is 10.3. The monoisotopic (exact) mass is 417 g/mol. The van der Waals surface area contributed by atoms with E-state index < -0.39 is 23.4 Å². The minimum atomic E-state index is -1.17. The minimum Gasteiger partial charge on any atom is -0.318 e. The SMILES string of the molecule is CC[C@@]1(c2ccccc2)NC(=O)N(NC(=O)CSCc2ccccc2Cl)C1=O. The van der Waals surface area contributed by atoms with Crippen LogP contribution in [0, 0.1) is 0 Å². The summed E-state index contributed by atoms with van der Waals surface area (Å²) in [6.07, 6.45) is 0.370. The quantitative estimate of drug-likeness (QED) is 0.676. The van der Waals surface area contributed by atoms with Crippen LogP contribution in [0.5, 0.6) is 0 Å². The lowest BCUT2D eigenvalue weighted by Gasteiger charge is -2.25. The number of carbonyl (C=O) groups is 3. The number of imide groups is 1. The predicted molar refractivity (Wildman–Crippen MR) is 110 cm³/mol. The Labute approximate surface area is 172 Å². The third-order valence-electron chi connectivity index (χ3n) is 4.57. The normalized spacial score (nSPS) is 18.9. The van der Waals surface area contributed by atoms with Crippen LogP contribution in [0.15, 0.2) is 54.6 Å². The first-order valence-electron chi connectivity index (χ1n) is 8.81. The lowest BCUT2D eigenvalue weighted by molar-refractivity contribution is -0.138. The third kappa shape index (κ3) is 4.00. The molecule has 0 bridgehead atoms. The van der Waals surface area contributed by atoms with Gasteiger partial charge in [0, 0.05) is 10.8 Å². The van der Waals surface area contributed by atoms with Gasteiger partial charge in [-0.25, -0.2) is 4.79 Å². The van der Waals surface area contributed by atoms with Gasteiger partial charge in [-0.05, 0) is 23.6 Å². The van der Waals surface area contributed by atoms with Crippen molar-refractivity contribution in [2.45, 2.75) is 24.6 Å². The van der Waals surface area contributed by atoms with Crippen molar-refractivity contribution >= 4 is 41.2 Å². The summed E-state index contributed by atoms with van der Waals surface area (Å²) in [5.74, 6) is -0.278. The number of rotatable bonds is 7. The number of carbonyl (C=O) groups excluding carboxylic acids is 3. The largest absolute Gasteiger partial charge is 0.344 e. The fourth-order valence-corrected chi connectivity index (χ4v) is 4.17. The predicted octanol–water partition coefficient (Wildman–Crippen LogP) is 3.46.